The summed E-state index contributed by atoms with van der Waals surface area (Å²) in [5, 5.41) is 2.74. The Morgan fingerprint density at radius 2 is 1.72 bits per heavy atom. The zero-order valence-electron chi connectivity index (χ0n) is 17.9. The van der Waals surface area contributed by atoms with Crippen LogP contribution < -0.4 is 19.7 Å². The molecule has 0 unspecified atom stereocenters. The standard InChI is InChI=1S/C25H24N2O4S/c1-30-20-13-12-17(14-21(20)31-2)23-15-25(29)27(19-10-6-7-11-22(19)32-23)16-24(28)26-18-8-4-3-5-9-18/h3-14,23H,15-16H2,1-2H3,(H,26,28)/t23-/m0/s1. The first kappa shape index (κ1) is 21.8. The first-order valence-electron chi connectivity index (χ1n) is 10.2. The van der Waals surface area contributed by atoms with Crippen LogP contribution in [-0.4, -0.2) is 32.6 Å². The summed E-state index contributed by atoms with van der Waals surface area (Å²) in [4.78, 5) is 28.5. The summed E-state index contributed by atoms with van der Waals surface area (Å²) in [7, 11) is 3.19. The van der Waals surface area contributed by atoms with Gasteiger partial charge >= 0.3 is 0 Å². The molecule has 3 aromatic rings. The molecule has 164 valence electrons. The lowest BCUT2D eigenvalue weighted by Gasteiger charge is -2.22. The largest absolute Gasteiger partial charge is 0.493 e. The molecule has 3 aromatic carbocycles. The second-order valence-electron chi connectivity index (χ2n) is 7.29. The van der Waals surface area contributed by atoms with E-state index in [0.29, 0.717) is 17.2 Å². The van der Waals surface area contributed by atoms with Crippen molar-refractivity contribution in [3.8, 4) is 11.5 Å². The highest BCUT2D eigenvalue weighted by Gasteiger charge is 2.30. The first-order valence-corrected chi connectivity index (χ1v) is 11.1. The number of rotatable bonds is 6. The van der Waals surface area contributed by atoms with Gasteiger partial charge in [-0.2, -0.15) is 0 Å². The van der Waals surface area contributed by atoms with E-state index in [1.165, 1.54) is 0 Å². The Hall–Kier alpha value is -3.45. The molecule has 1 aliphatic heterocycles. The number of ether oxygens (including phenoxy) is 2. The summed E-state index contributed by atoms with van der Waals surface area (Å²) < 4.78 is 10.8. The number of hydrogen-bond donors (Lipinski definition) is 1. The van der Waals surface area contributed by atoms with Crippen LogP contribution in [0.3, 0.4) is 0 Å². The molecule has 32 heavy (non-hydrogen) atoms. The van der Waals surface area contributed by atoms with Crippen LogP contribution in [-0.2, 0) is 9.59 Å². The summed E-state index contributed by atoms with van der Waals surface area (Å²) in [5.41, 5.74) is 2.41. The van der Waals surface area contributed by atoms with E-state index in [0.717, 1.165) is 16.1 Å². The molecule has 1 N–H and O–H groups in total. The maximum Gasteiger partial charge on any atom is 0.244 e. The fraction of sp³-hybridized carbons (Fsp3) is 0.200. The van der Waals surface area contributed by atoms with Gasteiger partial charge in [0.25, 0.3) is 0 Å². The van der Waals surface area contributed by atoms with Gasteiger partial charge in [-0.3, -0.25) is 9.59 Å². The number of para-hydroxylation sites is 2. The fourth-order valence-corrected chi connectivity index (χ4v) is 4.93. The van der Waals surface area contributed by atoms with Crippen LogP contribution in [0.25, 0.3) is 0 Å². The van der Waals surface area contributed by atoms with Gasteiger partial charge in [0, 0.05) is 22.3 Å². The Labute approximate surface area is 191 Å². The summed E-state index contributed by atoms with van der Waals surface area (Å²) in [6.45, 7) is -0.0516. The maximum atomic E-state index is 13.3. The number of benzene rings is 3. The number of carbonyl (C=O) groups is 2. The van der Waals surface area contributed by atoms with E-state index in [-0.39, 0.29) is 30.0 Å². The third-order valence-corrected chi connectivity index (χ3v) is 6.55. The lowest BCUT2D eigenvalue weighted by Crippen LogP contribution is -2.38. The third kappa shape index (κ3) is 4.73. The van der Waals surface area contributed by atoms with Crippen molar-refractivity contribution in [3.63, 3.8) is 0 Å². The summed E-state index contributed by atoms with van der Waals surface area (Å²) >= 11 is 1.61. The van der Waals surface area contributed by atoms with Gasteiger partial charge in [0.2, 0.25) is 11.8 Å². The van der Waals surface area contributed by atoms with E-state index < -0.39 is 0 Å². The molecule has 4 rings (SSSR count). The predicted molar refractivity (Wildman–Crippen MR) is 127 cm³/mol. The van der Waals surface area contributed by atoms with Crippen LogP contribution in [0, 0.1) is 0 Å². The van der Waals surface area contributed by atoms with Gasteiger partial charge in [0.15, 0.2) is 11.5 Å². The number of anilines is 2. The van der Waals surface area contributed by atoms with Crippen molar-refractivity contribution in [2.24, 2.45) is 0 Å². The van der Waals surface area contributed by atoms with Gasteiger partial charge in [0.1, 0.15) is 6.54 Å². The Bertz CT molecular complexity index is 1120. The minimum Gasteiger partial charge on any atom is -0.493 e. The van der Waals surface area contributed by atoms with Crippen molar-refractivity contribution >= 4 is 35.0 Å². The topological polar surface area (TPSA) is 67.9 Å². The van der Waals surface area contributed by atoms with Crippen LogP contribution in [0.1, 0.15) is 17.2 Å². The monoisotopic (exact) mass is 448 g/mol. The van der Waals surface area contributed by atoms with Crippen LogP contribution in [0.5, 0.6) is 11.5 Å². The van der Waals surface area contributed by atoms with Gasteiger partial charge in [-0.15, -0.1) is 11.8 Å². The maximum absolute atomic E-state index is 13.3. The highest BCUT2D eigenvalue weighted by Crippen LogP contribution is 2.46. The number of hydrogen-bond acceptors (Lipinski definition) is 5. The highest BCUT2D eigenvalue weighted by atomic mass is 32.2. The zero-order valence-corrected chi connectivity index (χ0v) is 18.7. The van der Waals surface area contributed by atoms with Gasteiger partial charge in [-0.1, -0.05) is 36.4 Å². The molecule has 0 saturated carbocycles. The molecular weight excluding hydrogens is 424 g/mol. The highest BCUT2D eigenvalue weighted by molar-refractivity contribution is 7.99. The lowest BCUT2D eigenvalue weighted by atomic mass is 10.1. The first-order chi connectivity index (χ1) is 15.6. The van der Waals surface area contributed by atoms with E-state index in [1.807, 2.05) is 72.8 Å². The van der Waals surface area contributed by atoms with E-state index in [2.05, 4.69) is 5.32 Å². The van der Waals surface area contributed by atoms with Crippen molar-refractivity contribution in [1.82, 2.24) is 0 Å². The average Bonchev–Trinajstić information content (AvgIpc) is 2.95. The number of thioether (sulfide) groups is 1. The molecule has 1 atom stereocenters. The van der Waals surface area contributed by atoms with Crippen LogP contribution in [0.15, 0.2) is 77.7 Å². The van der Waals surface area contributed by atoms with Crippen molar-refractivity contribution in [1.29, 1.82) is 0 Å². The fourth-order valence-electron chi connectivity index (χ4n) is 3.66. The van der Waals surface area contributed by atoms with Crippen LogP contribution >= 0.6 is 11.8 Å². The average molecular weight is 449 g/mol. The minimum atomic E-state index is -0.242. The lowest BCUT2D eigenvalue weighted by molar-refractivity contribution is -0.121. The van der Waals surface area contributed by atoms with Crippen molar-refractivity contribution in [2.45, 2.75) is 16.6 Å². The number of carbonyl (C=O) groups excluding carboxylic acids is 2. The van der Waals surface area contributed by atoms with Crippen LogP contribution in [0.2, 0.25) is 0 Å². The molecule has 0 aromatic heterocycles. The van der Waals surface area contributed by atoms with Crippen LogP contribution in [0.4, 0.5) is 11.4 Å². The second kappa shape index (κ2) is 9.78. The van der Waals surface area contributed by atoms with E-state index in [4.69, 9.17) is 9.47 Å². The Balaban J connectivity index is 1.60. The van der Waals surface area contributed by atoms with Crippen molar-refractivity contribution in [2.75, 3.05) is 31.0 Å². The molecule has 0 spiro atoms. The summed E-state index contributed by atoms with van der Waals surface area (Å²) in [6, 6.07) is 22.6. The smallest absolute Gasteiger partial charge is 0.244 e. The molecule has 0 radical (unpaired) electrons. The Morgan fingerprint density at radius 1 is 1.00 bits per heavy atom. The molecule has 0 saturated heterocycles. The van der Waals surface area contributed by atoms with Crippen molar-refractivity contribution < 1.29 is 19.1 Å². The van der Waals surface area contributed by atoms with E-state index in [9.17, 15) is 9.59 Å². The van der Waals surface area contributed by atoms with E-state index >= 15 is 0 Å². The molecular formula is C25H24N2O4S. The number of nitrogens with one attached hydrogen (secondary N) is 1. The molecule has 0 bridgehead atoms. The number of fused-ring (bicyclic) bond motifs is 1. The van der Waals surface area contributed by atoms with Gasteiger partial charge < -0.3 is 19.7 Å². The van der Waals surface area contributed by atoms with Crippen molar-refractivity contribution in [3.05, 3.63) is 78.4 Å². The molecule has 1 heterocycles. The SMILES string of the molecule is COc1ccc([C@@H]2CC(=O)N(CC(=O)Nc3ccccc3)c3ccccc3S2)cc1OC. The molecule has 6 nitrogen and oxygen atoms in total. The molecule has 0 aliphatic carbocycles. The number of nitrogens with zero attached hydrogens (tertiary/aromatic N) is 1. The van der Waals surface area contributed by atoms with E-state index in [1.54, 1.807) is 30.9 Å². The minimum absolute atomic E-state index is 0.0516. The normalized spacial score (nSPS) is 15.5. The molecule has 7 heteroatoms. The molecule has 2 amide bonds. The van der Waals surface area contributed by atoms with Gasteiger partial charge in [0.05, 0.1) is 19.9 Å². The van der Waals surface area contributed by atoms with Gasteiger partial charge in [-0.25, -0.2) is 0 Å². The summed E-state index contributed by atoms with van der Waals surface area (Å²) in [5.74, 6) is 0.912. The number of amides is 2. The predicted octanol–water partition coefficient (Wildman–Crippen LogP) is 4.91. The second-order valence-corrected chi connectivity index (χ2v) is 8.53. The molecule has 0 fully saturated rings. The Morgan fingerprint density at radius 3 is 2.47 bits per heavy atom. The summed E-state index contributed by atoms with van der Waals surface area (Å²) in [6.07, 6.45) is 0.257. The Kier molecular flexibility index (Phi) is 6.66. The third-order valence-electron chi connectivity index (χ3n) is 5.22. The quantitative estimate of drug-likeness (QED) is 0.580. The number of methoxy groups -OCH3 is 2. The molecule has 1 aliphatic rings. The zero-order chi connectivity index (χ0) is 22.5. The van der Waals surface area contributed by atoms with Gasteiger partial charge in [-0.05, 0) is 42.0 Å².